The predicted octanol–water partition coefficient (Wildman–Crippen LogP) is 5.87. The number of hydrogen-bond acceptors (Lipinski definition) is 8. The van der Waals surface area contributed by atoms with Gasteiger partial charge in [0.15, 0.2) is 10.7 Å². The molecule has 0 aromatic carbocycles. The molecule has 1 amide bonds. The van der Waals surface area contributed by atoms with Crippen molar-refractivity contribution in [3.05, 3.63) is 53.4 Å². The monoisotopic (exact) mass is 681 g/mol. The second-order valence-corrected chi connectivity index (χ2v) is 14.4. The van der Waals surface area contributed by atoms with Crippen LogP contribution in [-0.4, -0.2) is 68.7 Å². The average Bonchev–Trinajstić information content (AvgIpc) is 3.53. The number of aromatic nitrogens is 4. The fourth-order valence-corrected chi connectivity index (χ4v) is 6.68. The largest absolute Gasteiger partial charge is 0.588 e. The normalized spacial score (nSPS) is 19.1. The number of hydrogen-bond donors (Lipinski definition) is 2. The first kappa shape index (κ1) is 34.3. The topological polar surface area (TPSA) is 120 Å². The first-order valence-electron chi connectivity index (χ1n) is 15.3. The molecule has 2 N–H and O–H groups in total. The Morgan fingerprint density at radius 1 is 1.24 bits per heavy atom. The van der Waals surface area contributed by atoms with Crippen LogP contribution in [0.3, 0.4) is 0 Å². The summed E-state index contributed by atoms with van der Waals surface area (Å²) in [7, 11) is 1.97. The van der Waals surface area contributed by atoms with E-state index in [0.717, 1.165) is 37.7 Å². The Morgan fingerprint density at radius 2 is 2.02 bits per heavy atom. The molecule has 0 bridgehead atoms. The maximum Gasteiger partial charge on any atom is 0.394 e. The molecule has 2 aliphatic rings. The Hall–Kier alpha value is -3.07. The molecule has 2 unspecified atom stereocenters. The van der Waals surface area contributed by atoms with Gasteiger partial charge in [-0.25, -0.2) is 14.6 Å². The SMILES string of the molecule is CN(CCCCC1CNC(C)(C)C1)c1ccc([S+]([O-])NC(=O)c2ccc(-n3ccc(OCCC4(C(F)(F)F)CC4)n3)nc2Cl)cn1. The summed E-state index contributed by atoms with van der Waals surface area (Å²) in [5.74, 6) is 1.18. The number of rotatable bonds is 14. The number of amides is 1. The van der Waals surface area contributed by atoms with Crippen molar-refractivity contribution in [1.82, 2.24) is 29.8 Å². The van der Waals surface area contributed by atoms with Gasteiger partial charge in [0.1, 0.15) is 22.3 Å². The Morgan fingerprint density at radius 3 is 2.65 bits per heavy atom. The zero-order valence-electron chi connectivity index (χ0n) is 26.1. The van der Waals surface area contributed by atoms with Crippen LogP contribution < -0.4 is 19.7 Å². The van der Waals surface area contributed by atoms with Crippen LogP contribution >= 0.6 is 11.6 Å². The van der Waals surface area contributed by atoms with Crippen molar-refractivity contribution in [3.8, 4) is 11.7 Å². The molecular weight excluding hydrogens is 643 g/mol. The van der Waals surface area contributed by atoms with Crippen LogP contribution in [0.2, 0.25) is 5.15 Å². The van der Waals surface area contributed by atoms with Gasteiger partial charge in [-0.2, -0.15) is 17.9 Å². The summed E-state index contributed by atoms with van der Waals surface area (Å²) in [6.45, 7) is 6.31. The maximum absolute atomic E-state index is 13.1. The summed E-state index contributed by atoms with van der Waals surface area (Å²) >= 11 is 4.39. The van der Waals surface area contributed by atoms with Gasteiger partial charge in [-0.1, -0.05) is 18.0 Å². The molecule has 250 valence electrons. The van der Waals surface area contributed by atoms with E-state index in [1.165, 1.54) is 48.1 Å². The summed E-state index contributed by atoms with van der Waals surface area (Å²) in [4.78, 5) is 23.8. The molecule has 2 atom stereocenters. The fourth-order valence-electron chi connectivity index (χ4n) is 5.70. The van der Waals surface area contributed by atoms with Crippen molar-refractivity contribution >= 4 is 34.7 Å². The molecule has 3 aromatic rings. The molecule has 15 heteroatoms. The number of pyridine rings is 2. The lowest BCUT2D eigenvalue weighted by Gasteiger charge is -2.19. The van der Waals surface area contributed by atoms with E-state index in [0.29, 0.717) is 4.90 Å². The highest BCUT2D eigenvalue weighted by Gasteiger charge is 2.62. The lowest BCUT2D eigenvalue weighted by atomic mass is 9.93. The molecule has 4 heterocycles. The van der Waals surface area contributed by atoms with E-state index >= 15 is 0 Å². The Balaban J connectivity index is 1.08. The first-order chi connectivity index (χ1) is 21.8. The van der Waals surface area contributed by atoms with Crippen LogP contribution in [0, 0.1) is 11.3 Å². The van der Waals surface area contributed by atoms with Gasteiger partial charge in [0, 0.05) is 37.5 Å². The fraction of sp³-hybridized carbons (Fsp3) is 0.548. The molecule has 1 saturated heterocycles. The number of nitrogens with zero attached hydrogens (tertiary/aromatic N) is 5. The molecule has 1 saturated carbocycles. The summed E-state index contributed by atoms with van der Waals surface area (Å²) in [5, 5.41) is 7.60. The van der Waals surface area contributed by atoms with Gasteiger partial charge in [0.25, 0.3) is 5.91 Å². The third-order valence-corrected chi connectivity index (χ3v) is 10.0. The third-order valence-electron chi connectivity index (χ3n) is 8.70. The van der Waals surface area contributed by atoms with Crippen molar-refractivity contribution in [2.75, 3.05) is 31.6 Å². The van der Waals surface area contributed by atoms with E-state index < -0.39 is 28.9 Å². The highest BCUT2D eigenvalue weighted by molar-refractivity contribution is 7.90. The summed E-state index contributed by atoms with van der Waals surface area (Å²) < 4.78 is 61.4. The van der Waals surface area contributed by atoms with Crippen LogP contribution in [0.4, 0.5) is 19.0 Å². The van der Waals surface area contributed by atoms with Crippen molar-refractivity contribution in [2.45, 2.75) is 75.4 Å². The van der Waals surface area contributed by atoms with Crippen molar-refractivity contribution < 1.29 is 27.3 Å². The van der Waals surface area contributed by atoms with E-state index in [2.05, 4.69) is 43.9 Å². The lowest BCUT2D eigenvalue weighted by molar-refractivity contribution is -0.190. The van der Waals surface area contributed by atoms with Gasteiger partial charge in [-0.15, -0.1) is 5.10 Å². The summed E-state index contributed by atoms with van der Waals surface area (Å²) in [6, 6.07) is 7.84. The zero-order chi connectivity index (χ0) is 33.1. The summed E-state index contributed by atoms with van der Waals surface area (Å²) in [5.41, 5.74) is -1.41. The molecular formula is C31H39ClF3N7O3S. The highest BCUT2D eigenvalue weighted by atomic mass is 35.5. The second kappa shape index (κ2) is 14.0. The molecule has 5 rings (SSSR count). The number of alkyl halides is 3. The number of nitrogens with one attached hydrogen (secondary N) is 2. The van der Waals surface area contributed by atoms with Crippen molar-refractivity contribution in [1.29, 1.82) is 0 Å². The average molecular weight is 682 g/mol. The summed E-state index contributed by atoms with van der Waals surface area (Å²) in [6.07, 6.45) is 3.45. The number of ether oxygens (including phenoxy) is 1. The van der Waals surface area contributed by atoms with Gasteiger partial charge >= 0.3 is 6.18 Å². The van der Waals surface area contributed by atoms with Crippen LogP contribution in [0.15, 0.2) is 47.6 Å². The molecule has 10 nitrogen and oxygen atoms in total. The zero-order valence-corrected chi connectivity index (χ0v) is 27.6. The molecule has 2 fully saturated rings. The smallest absolute Gasteiger partial charge is 0.394 e. The Labute approximate surface area is 274 Å². The van der Waals surface area contributed by atoms with Gasteiger partial charge in [-0.05, 0) is 83.0 Å². The van der Waals surface area contributed by atoms with E-state index in [9.17, 15) is 22.5 Å². The Kier molecular flexibility index (Phi) is 10.4. The van der Waals surface area contributed by atoms with Crippen molar-refractivity contribution in [3.63, 3.8) is 0 Å². The van der Waals surface area contributed by atoms with E-state index in [1.54, 1.807) is 12.1 Å². The number of halogens is 4. The minimum Gasteiger partial charge on any atom is -0.588 e. The van der Waals surface area contributed by atoms with Crippen LogP contribution in [0.5, 0.6) is 5.88 Å². The maximum atomic E-state index is 13.1. The number of carbonyl (C=O) groups excluding carboxylic acids is 1. The lowest BCUT2D eigenvalue weighted by Crippen LogP contribution is -2.31. The molecule has 46 heavy (non-hydrogen) atoms. The molecule has 0 radical (unpaired) electrons. The predicted molar refractivity (Wildman–Crippen MR) is 170 cm³/mol. The molecule has 0 spiro atoms. The van der Waals surface area contributed by atoms with E-state index in [4.69, 9.17) is 16.3 Å². The Bertz CT molecular complexity index is 1500. The second-order valence-electron chi connectivity index (χ2n) is 12.8. The molecule has 1 aliphatic carbocycles. The van der Waals surface area contributed by atoms with Gasteiger partial charge in [-0.3, -0.25) is 4.79 Å². The highest BCUT2D eigenvalue weighted by Crippen LogP contribution is 2.59. The minimum atomic E-state index is -4.24. The number of unbranched alkanes of at least 4 members (excludes halogenated alkanes) is 1. The van der Waals surface area contributed by atoms with Crippen LogP contribution in [0.1, 0.15) is 69.2 Å². The quantitative estimate of drug-likeness (QED) is 0.123. The van der Waals surface area contributed by atoms with Crippen LogP contribution in [-0.2, 0) is 11.4 Å². The third kappa shape index (κ3) is 8.44. The molecule has 3 aromatic heterocycles. The van der Waals surface area contributed by atoms with Gasteiger partial charge in [0.2, 0.25) is 5.88 Å². The first-order valence-corrected chi connectivity index (χ1v) is 16.9. The number of anilines is 1. The molecule has 1 aliphatic heterocycles. The number of carbonyl (C=O) groups is 1. The standard InChI is InChI=1S/C31H39ClF3N7O3S/c1-29(2)18-21(19-37-29)6-4-5-15-41(3)24-9-7-22(20-36-24)46(44)40-28(43)23-8-10-25(38-27(23)32)42-16-11-26(39-42)45-17-14-30(12-13-30)31(33,34)35/h7-11,16,20-21,37H,4-6,12-15,17-19H2,1-3H3,(H,40,43). The van der Waals surface area contributed by atoms with E-state index in [-0.39, 0.29) is 53.8 Å². The van der Waals surface area contributed by atoms with Crippen LogP contribution in [0.25, 0.3) is 5.82 Å². The minimum absolute atomic E-state index is 0.00513. The van der Waals surface area contributed by atoms with Gasteiger partial charge < -0.3 is 19.5 Å². The van der Waals surface area contributed by atoms with E-state index in [1.807, 2.05) is 7.05 Å². The van der Waals surface area contributed by atoms with Gasteiger partial charge in [0.05, 0.1) is 23.8 Å². The van der Waals surface area contributed by atoms with Crippen molar-refractivity contribution in [2.24, 2.45) is 11.3 Å².